The van der Waals surface area contributed by atoms with E-state index in [0.29, 0.717) is 39.5 Å². The van der Waals surface area contributed by atoms with Gasteiger partial charge >= 0.3 is 11.9 Å². The molecule has 0 aliphatic carbocycles. The largest absolute Gasteiger partial charge is 0.507 e. The maximum atomic E-state index is 13.6. The van der Waals surface area contributed by atoms with Crippen LogP contribution in [0.4, 0.5) is 5.13 Å². The highest BCUT2D eigenvalue weighted by Crippen LogP contribution is 2.45. The number of aliphatic hydroxyl groups is 1. The number of nitrogens with zero attached hydrogens (tertiary/aromatic N) is 2. The van der Waals surface area contributed by atoms with Gasteiger partial charge in [0.25, 0.3) is 5.78 Å². The van der Waals surface area contributed by atoms with Crippen molar-refractivity contribution >= 4 is 50.1 Å². The van der Waals surface area contributed by atoms with E-state index in [1.165, 1.54) is 23.3 Å². The molecule has 2 aliphatic rings. The fraction of sp³-hybridized carbons (Fsp3) is 0.200. The molecule has 10 heteroatoms. The summed E-state index contributed by atoms with van der Waals surface area (Å²) in [5.41, 5.74) is 2.70. The zero-order valence-electron chi connectivity index (χ0n) is 21.8. The van der Waals surface area contributed by atoms with Gasteiger partial charge in [0, 0.05) is 12.0 Å². The minimum Gasteiger partial charge on any atom is -0.507 e. The van der Waals surface area contributed by atoms with Gasteiger partial charge in [0.05, 0.1) is 41.6 Å². The number of anilines is 1. The maximum Gasteiger partial charge on any atom is 0.337 e. The van der Waals surface area contributed by atoms with Gasteiger partial charge in [0.15, 0.2) is 5.13 Å². The number of amides is 1. The number of hydrogen-bond donors (Lipinski definition) is 1. The Morgan fingerprint density at radius 1 is 1.05 bits per heavy atom. The van der Waals surface area contributed by atoms with Crippen molar-refractivity contribution in [2.75, 3.05) is 19.1 Å². The van der Waals surface area contributed by atoms with E-state index in [-0.39, 0.29) is 17.4 Å². The number of fused-ring (bicyclic) bond motifs is 2. The van der Waals surface area contributed by atoms with Gasteiger partial charge in [-0.3, -0.25) is 14.5 Å². The highest BCUT2D eigenvalue weighted by Gasteiger charge is 2.48. The minimum absolute atomic E-state index is 0.00367. The van der Waals surface area contributed by atoms with Crippen LogP contribution in [0.1, 0.15) is 40.0 Å². The molecule has 1 fully saturated rings. The van der Waals surface area contributed by atoms with Crippen LogP contribution in [0.5, 0.6) is 11.5 Å². The summed E-state index contributed by atoms with van der Waals surface area (Å²) < 4.78 is 16.7. The van der Waals surface area contributed by atoms with E-state index in [1.807, 2.05) is 6.92 Å². The van der Waals surface area contributed by atoms with E-state index in [2.05, 4.69) is 4.98 Å². The second-order valence-corrected chi connectivity index (χ2v) is 10.6. The molecule has 2 atom stereocenters. The third-order valence-corrected chi connectivity index (χ3v) is 8.07. The molecule has 2 unspecified atom stereocenters. The number of aliphatic hydroxyl groups excluding tert-OH is 1. The van der Waals surface area contributed by atoms with Crippen molar-refractivity contribution in [1.82, 2.24) is 4.98 Å². The summed E-state index contributed by atoms with van der Waals surface area (Å²) in [5.74, 6) is -1.10. The Bertz CT molecular complexity index is 1720. The predicted octanol–water partition coefficient (Wildman–Crippen LogP) is 5.04. The zero-order chi connectivity index (χ0) is 28.1. The molecule has 9 nitrogen and oxygen atoms in total. The molecular weight excluding hydrogens is 532 g/mol. The van der Waals surface area contributed by atoms with Crippen molar-refractivity contribution in [3.63, 3.8) is 0 Å². The highest BCUT2D eigenvalue weighted by molar-refractivity contribution is 7.22. The van der Waals surface area contributed by atoms with E-state index in [0.717, 1.165) is 16.0 Å². The van der Waals surface area contributed by atoms with Crippen LogP contribution in [0.2, 0.25) is 0 Å². The SMILES string of the molecule is COC(=O)c1ccc(C2C(=C(O)c3ccc4c(c3)CC(C)O4)C(=O)C(=O)N2c2nc3ccc(OC)cc3s2)cc1. The smallest absolute Gasteiger partial charge is 0.337 e. The molecule has 1 amide bonds. The summed E-state index contributed by atoms with van der Waals surface area (Å²) in [6, 6.07) is 15.9. The molecule has 1 N–H and O–H groups in total. The maximum absolute atomic E-state index is 13.6. The van der Waals surface area contributed by atoms with Gasteiger partial charge in [0.2, 0.25) is 0 Å². The Morgan fingerprint density at radius 2 is 1.80 bits per heavy atom. The number of carbonyl (C=O) groups excluding carboxylic acids is 3. The number of esters is 1. The van der Waals surface area contributed by atoms with Gasteiger partial charge in [-0.05, 0) is 66.6 Å². The van der Waals surface area contributed by atoms with Crippen LogP contribution >= 0.6 is 11.3 Å². The molecule has 6 rings (SSSR count). The lowest BCUT2D eigenvalue weighted by Gasteiger charge is -2.23. The number of hydrogen-bond acceptors (Lipinski definition) is 9. The normalized spacial score (nSPS) is 19.5. The topological polar surface area (TPSA) is 115 Å². The molecule has 40 heavy (non-hydrogen) atoms. The molecule has 2 aliphatic heterocycles. The first kappa shape index (κ1) is 25.6. The lowest BCUT2D eigenvalue weighted by atomic mass is 9.94. The number of methoxy groups -OCH3 is 2. The summed E-state index contributed by atoms with van der Waals surface area (Å²) >= 11 is 1.23. The van der Waals surface area contributed by atoms with E-state index < -0.39 is 23.7 Å². The van der Waals surface area contributed by atoms with Gasteiger partial charge in [-0.1, -0.05) is 23.5 Å². The molecule has 4 aromatic rings. The average molecular weight is 557 g/mol. The molecule has 1 aromatic heterocycles. The molecule has 0 bridgehead atoms. The molecule has 202 valence electrons. The minimum atomic E-state index is -0.988. The van der Waals surface area contributed by atoms with Crippen LogP contribution < -0.4 is 14.4 Å². The lowest BCUT2D eigenvalue weighted by molar-refractivity contribution is -0.132. The fourth-order valence-corrected chi connectivity index (χ4v) is 6.13. The number of aromatic nitrogens is 1. The highest BCUT2D eigenvalue weighted by atomic mass is 32.1. The van der Waals surface area contributed by atoms with Gasteiger partial charge in [0.1, 0.15) is 23.4 Å². The summed E-state index contributed by atoms with van der Waals surface area (Å²) in [4.78, 5) is 45.1. The van der Waals surface area contributed by atoms with E-state index in [9.17, 15) is 19.5 Å². The van der Waals surface area contributed by atoms with Crippen molar-refractivity contribution in [3.8, 4) is 11.5 Å². The van der Waals surface area contributed by atoms with Gasteiger partial charge in [-0.15, -0.1) is 0 Å². The number of carbonyl (C=O) groups is 3. The van der Waals surface area contributed by atoms with Gasteiger partial charge in [-0.2, -0.15) is 0 Å². The average Bonchev–Trinajstić information content (AvgIpc) is 3.63. The van der Waals surface area contributed by atoms with E-state index >= 15 is 0 Å². The lowest BCUT2D eigenvalue weighted by Crippen LogP contribution is -2.29. The quantitative estimate of drug-likeness (QED) is 0.157. The second-order valence-electron chi connectivity index (χ2n) is 9.57. The van der Waals surface area contributed by atoms with Crippen molar-refractivity contribution in [2.45, 2.75) is 25.5 Å². The van der Waals surface area contributed by atoms with Crippen LogP contribution in [-0.2, 0) is 20.7 Å². The summed E-state index contributed by atoms with van der Waals surface area (Å²) in [6.45, 7) is 1.96. The third kappa shape index (κ3) is 4.17. The molecule has 0 spiro atoms. The predicted molar refractivity (Wildman–Crippen MR) is 149 cm³/mol. The van der Waals surface area contributed by atoms with Crippen molar-refractivity contribution in [1.29, 1.82) is 0 Å². The first-order valence-corrected chi connectivity index (χ1v) is 13.3. The van der Waals surface area contributed by atoms with Gasteiger partial charge < -0.3 is 19.3 Å². The fourth-order valence-electron chi connectivity index (χ4n) is 5.11. The Morgan fingerprint density at radius 3 is 2.52 bits per heavy atom. The van der Waals surface area contributed by atoms with Crippen LogP contribution in [0.3, 0.4) is 0 Å². The second kappa shape index (κ2) is 9.80. The molecular formula is C30H24N2O7S. The van der Waals surface area contributed by atoms with Gasteiger partial charge in [-0.25, -0.2) is 9.78 Å². The van der Waals surface area contributed by atoms with E-state index in [1.54, 1.807) is 67.8 Å². The van der Waals surface area contributed by atoms with Crippen molar-refractivity contribution in [2.24, 2.45) is 0 Å². The Kier molecular flexibility index (Phi) is 6.26. The first-order chi connectivity index (χ1) is 19.3. The standard InChI is InChI=1S/C30H24N2O7S/c1-15-12-19-13-18(8-11-22(19)39-15)26(33)24-25(16-4-6-17(7-5-16)29(36)38-3)32(28(35)27(24)34)30-31-21-10-9-20(37-2)14-23(21)40-30/h4-11,13-15,25,33H,12H2,1-3H3. The Labute approximate surface area is 233 Å². The third-order valence-electron chi connectivity index (χ3n) is 7.05. The summed E-state index contributed by atoms with van der Waals surface area (Å²) in [6.07, 6.45) is 0.669. The molecule has 0 radical (unpaired) electrons. The summed E-state index contributed by atoms with van der Waals surface area (Å²) in [7, 11) is 2.85. The number of thiazole rings is 1. The molecule has 3 aromatic carbocycles. The van der Waals surface area contributed by atoms with Crippen LogP contribution in [-0.4, -0.2) is 48.1 Å². The van der Waals surface area contributed by atoms with Crippen LogP contribution in [0, 0.1) is 0 Å². The number of ether oxygens (including phenoxy) is 3. The van der Waals surface area contributed by atoms with Crippen LogP contribution in [0.25, 0.3) is 16.0 Å². The molecule has 3 heterocycles. The zero-order valence-corrected chi connectivity index (χ0v) is 22.7. The van der Waals surface area contributed by atoms with Crippen LogP contribution in [0.15, 0.2) is 66.2 Å². The molecule has 0 saturated carbocycles. The number of rotatable bonds is 5. The monoisotopic (exact) mass is 556 g/mol. The number of ketones is 1. The molecule has 1 saturated heterocycles. The first-order valence-electron chi connectivity index (χ1n) is 12.5. The van der Waals surface area contributed by atoms with Crippen molar-refractivity contribution < 1.29 is 33.7 Å². The van der Waals surface area contributed by atoms with Crippen molar-refractivity contribution in [3.05, 3.63) is 88.5 Å². The number of benzene rings is 3. The van der Waals surface area contributed by atoms with E-state index in [4.69, 9.17) is 14.2 Å². The number of Topliss-reactive ketones (excluding diaryl/α,β-unsaturated/α-hetero) is 1. The Hall–Kier alpha value is -4.70. The Balaban J connectivity index is 1.52. The summed E-state index contributed by atoms with van der Waals surface area (Å²) in [5, 5.41) is 11.8.